The van der Waals surface area contributed by atoms with Crippen molar-refractivity contribution in [2.75, 3.05) is 0 Å². The summed E-state index contributed by atoms with van der Waals surface area (Å²) in [5, 5.41) is 32.0. The molecule has 4 rings (SSSR count). The first kappa shape index (κ1) is 16.5. The second-order valence-corrected chi connectivity index (χ2v) is 7.06. The Morgan fingerprint density at radius 1 is 1.15 bits per heavy atom. The number of amides is 1. The molecule has 0 bridgehead atoms. The number of Topliss-reactive ketones (excluding diaryl/α,β-unsaturated/α-hetero) is 2. The summed E-state index contributed by atoms with van der Waals surface area (Å²) in [5.41, 5.74) is 3.36. The van der Waals surface area contributed by atoms with E-state index in [2.05, 4.69) is 0 Å². The van der Waals surface area contributed by atoms with Crippen LogP contribution in [-0.4, -0.2) is 38.4 Å². The molecule has 0 radical (unpaired) electrons. The van der Waals surface area contributed by atoms with Crippen LogP contribution in [0.25, 0.3) is 5.76 Å². The molecule has 1 amide bonds. The van der Waals surface area contributed by atoms with Crippen LogP contribution in [0, 0.1) is 11.8 Å². The van der Waals surface area contributed by atoms with Gasteiger partial charge in [0, 0.05) is 23.5 Å². The van der Waals surface area contributed by atoms with Crippen molar-refractivity contribution in [2.24, 2.45) is 17.6 Å². The number of carbonyl (C=O) groups is 3. The molecule has 7 heteroatoms. The Hall–Kier alpha value is -2.93. The molecular formula is C19H17NO6. The average molecular weight is 355 g/mol. The van der Waals surface area contributed by atoms with Crippen molar-refractivity contribution in [1.29, 1.82) is 0 Å². The van der Waals surface area contributed by atoms with Gasteiger partial charge in [0.25, 0.3) is 5.91 Å². The van der Waals surface area contributed by atoms with Gasteiger partial charge < -0.3 is 21.1 Å². The summed E-state index contributed by atoms with van der Waals surface area (Å²) in [6.45, 7) is 0. The Morgan fingerprint density at radius 3 is 2.54 bits per heavy atom. The molecule has 26 heavy (non-hydrogen) atoms. The van der Waals surface area contributed by atoms with E-state index < -0.39 is 40.3 Å². The lowest BCUT2D eigenvalue weighted by Crippen LogP contribution is -2.58. The van der Waals surface area contributed by atoms with Crippen LogP contribution in [0.15, 0.2) is 41.2 Å². The van der Waals surface area contributed by atoms with Crippen LogP contribution in [0.4, 0.5) is 0 Å². The van der Waals surface area contributed by atoms with Gasteiger partial charge in [-0.2, -0.15) is 0 Å². The zero-order valence-electron chi connectivity index (χ0n) is 13.7. The highest BCUT2D eigenvalue weighted by atomic mass is 16.3. The molecule has 1 aromatic carbocycles. The topological polar surface area (TPSA) is 138 Å². The number of rotatable bonds is 1. The van der Waals surface area contributed by atoms with E-state index in [0.717, 1.165) is 5.56 Å². The quantitative estimate of drug-likeness (QED) is 0.548. The minimum absolute atomic E-state index is 0.0205. The van der Waals surface area contributed by atoms with Crippen LogP contribution in [0.3, 0.4) is 0 Å². The number of hydrogen-bond acceptors (Lipinski definition) is 6. The molecule has 3 aliphatic carbocycles. The maximum Gasteiger partial charge on any atom is 0.255 e. The van der Waals surface area contributed by atoms with Crippen LogP contribution in [0.2, 0.25) is 0 Å². The lowest BCUT2D eigenvalue weighted by Gasteiger charge is -2.46. The Labute approximate surface area is 148 Å². The number of primary amides is 1. The molecule has 3 aliphatic rings. The molecule has 1 aromatic rings. The van der Waals surface area contributed by atoms with Gasteiger partial charge in [0.2, 0.25) is 5.78 Å². The molecule has 0 aliphatic heterocycles. The number of aliphatic hydroxyl groups excluding tert-OH is 2. The normalized spacial score (nSPS) is 30.7. The Kier molecular flexibility index (Phi) is 3.36. The maximum atomic E-state index is 13.1. The molecule has 1 saturated carbocycles. The van der Waals surface area contributed by atoms with Gasteiger partial charge in [-0.1, -0.05) is 24.3 Å². The van der Waals surface area contributed by atoms with Crippen molar-refractivity contribution >= 4 is 23.2 Å². The fourth-order valence-corrected chi connectivity index (χ4v) is 4.47. The number of benzene rings is 1. The number of aliphatic hydroxyl groups is 3. The molecule has 1 fully saturated rings. The van der Waals surface area contributed by atoms with Gasteiger partial charge in [0.15, 0.2) is 11.4 Å². The molecule has 7 nitrogen and oxygen atoms in total. The van der Waals surface area contributed by atoms with Crippen molar-refractivity contribution in [3.8, 4) is 0 Å². The van der Waals surface area contributed by atoms with Crippen molar-refractivity contribution in [1.82, 2.24) is 0 Å². The van der Waals surface area contributed by atoms with E-state index in [1.165, 1.54) is 0 Å². The van der Waals surface area contributed by atoms with Gasteiger partial charge in [-0.15, -0.1) is 0 Å². The number of nitrogens with two attached hydrogens (primary N) is 1. The standard InChI is InChI=1S/C19H17NO6/c20-18(25)14-12(21)7-10-6-9-5-8-3-1-2-4-11(8)15(22)13(9)16(23)19(10,26)17(14)24/h1-4,9-10,22,24,26H,5-7H2,(H2,20,25)/t9-,10-,19-/m0/s1. The summed E-state index contributed by atoms with van der Waals surface area (Å²) < 4.78 is 0. The zero-order chi connectivity index (χ0) is 18.8. The first-order chi connectivity index (χ1) is 12.3. The summed E-state index contributed by atoms with van der Waals surface area (Å²) in [6.07, 6.45) is 0.434. The first-order valence-corrected chi connectivity index (χ1v) is 8.32. The number of hydrogen-bond donors (Lipinski definition) is 4. The highest BCUT2D eigenvalue weighted by Crippen LogP contribution is 2.50. The minimum Gasteiger partial charge on any atom is -0.508 e. The first-order valence-electron chi connectivity index (χ1n) is 8.32. The largest absolute Gasteiger partial charge is 0.508 e. The highest BCUT2D eigenvalue weighted by Gasteiger charge is 2.60. The Bertz CT molecular complexity index is 943. The number of fused-ring (bicyclic) bond motifs is 3. The SMILES string of the molecule is NC(=O)C1=C(O)[C@@]2(O)C(=O)C3=C(O)c4ccccc4C[C@H]3C[C@H]2CC1=O. The van der Waals surface area contributed by atoms with E-state index in [9.17, 15) is 29.7 Å². The summed E-state index contributed by atoms with van der Waals surface area (Å²) in [4.78, 5) is 36.8. The lowest BCUT2D eigenvalue weighted by molar-refractivity contribution is -0.147. The van der Waals surface area contributed by atoms with Gasteiger partial charge in [0.05, 0.1) is 0 Å². The van der Waals surface area contributed by atoms with Crippen molar-refractivity contribution < 1.29 is 29.7 Å². The minimum atomic E-state index is -2.43. The second-order valence-electron chi connectivity index (χ2n) is 7.06. The van der Waals surface area contributed by atoms with E-state index in [1.54, 1.807) is 12.1 Å². The van der Waals surface area contributed by atoms with Gasteiger partial charge in [0.1, 0.15) is 17.1 Å². The van der Waals surface area contributed by atoms with Crippen molar-refractivity contribution in [2.45, 2.75) is 24.9 Å². The van der Waals surface area contributed by atoms with E-state index in [-0.39, 0.29) is 30.1 Å². The van der Waals surface area contributed by atoms with E-state index in [1.807, 2.05) is 12.1 Å². The van der Waals surface area contributed by atoms with Crippen molar-refractivity contribution in [3.05, 3.63) is 52.3 Å². The van der Waals surface area contributed by atoms with E-state index in [0.29, 0.717) is 12.0 Å². The molecule has 0 spiro atoms. The van der Waals surface area contributed by atoms with Crippen molar-refractivity contribution in [3.63, 3.8) is 0 Å². The molecule has 3 atom stereocenters. The van der Waals surface area contributed by atoms with Crippen LogP contribution in [0.5, 0.6) is 0 Å². The number of ketones is 2. The van der Waals surface area contributed by atoms with E-state index >= 15 is 0 Å². The van der Waals surface area contributed by atoms with Crippen LogP contribution in [0.1, 0.15) is 24.0 Å². The van der Waals surface area contributed by atoms with Gasteiger partial charge >= 0.3 is 0 Å². The van der Waals surface area contributed by atoms with Crippen LogP contribution in [-0.2, 0) is 20.8 Å². The molecule has 0 saturated heterocycles. The monoisotopic (exact) mass is 355 g/mol. The number of carbonyl (C=O) groups excluding carboxylic acids is 3. The highest BCUT2D eigenvalue weighted by molar-refractivity contribution is 6.22. The molecule has 134 valence electrons. The Balaban J connectivity index is 1.92. The third-order valence-electron chi connectivity index (χ3n) is 5.71. The van der Waals surface area contributed by atoms with E-state index in [4.69, 9.17) is 5.73 Å². The molecular weight excluding hydrogens is 338 g/mol. The third kappa shape index (κ3) is 1.94. The predicted octanol–water partition coefficient (Wildman–Crippen LogP) is 0.718. The lowest BCUT2D eigenvalue weighted by atomic mass is 9.59. The van der Waals surface area contributed by atoms with Crippen LogP contribution < -0.4 is 5.73 Å². The fraction of sp³-hybridized carbons (Fsp3) is 0.316. The molecule has 5 N–H and O–H groups in total. The Morgan fingerprint density at radius 2 is 1.85 bits per heavy atom. The second kappa shape index (κ2) is 5.28. The van der Waals surface area contributed by atoms with Crippen LogP contribution >= 0.6 is 0 Å². The van der Waals surface area contributed by atoms with Gasteiger partial charge in [-0.3, -0.25) is 14.4 Å². The maximum absolute atomic E-state index is 13.1. The summed E-state index contributed by atoms with van der Waals surface area (Å²) in [5.74, 6) is -5.26. The average Bonchev–Trinajstić information content (AvgIpc) is 2.58. The van der Waals surface area contributed by atoms with Gasteiger partial charge in [-0.25, -0.2) is 0 Å². The summed E-state index contributed by atoms with van der Waals surface area (Å²) in [7, 11) is 0. The molecule has 0 heterocycles. The predicted molar refractivity (Wildman–Crippen MR) is 89.7 cm³/mol. The summed E-state index contributed by atoms with van der Waals surface area (Å²) >= 11 is 0. The molecule has 0 unspecified atom stereocenters. The third-order valence-corrected chi connectivity index (χ3v) is 5.71. The smallest absolute Gasteiger partial charge is 0.255 e. The summed E-state index contributed by atoms with van der Waals surface area (Å²) in [6, 6.07) is 7.08. The fourth-order valence-electron chi connectivity index (χ4n) is 4.47. The molecule has 0 aromatic heterocycles. The zero-order valence-corrected chi connectivity index (χ0v) is 13.7. The van der Waals surface area contributed by atoms with Gasteiger partial charge in [-0.05, 0) is 24.3 Å².